The van der Waals surface area contributed by atoms with Gasteiger partial charge in [0, 0.05) is 19.5 Å². The topological polar surface area (TPSA) is 75.4 Å². The maximum atomic E-state index is 12.5. The van der Waals surface area contributed by atoms with E-state index in [4.69, 9.17) is 5.73 Å². The monoisotopic (exact) mass is 359 g/mol. The van der Waals surface area contributed by atoms with Gasteiger partial charge in [-0.05, 0) is 38.6 Å². The molecule has 5 nitrogen and oxygen atoms in total. The van der Waals surface area contributed by atoms with E-state index in [0.29, 0.717) is 19.5 Å². The van der Waals surface area contributed by atoms with Crippen LogP contribution in [0.3, 0.4) is 0 Å². The van der Waals surface area contributed by atoms with Crippen LogP contribution >= 0.6 is 13.5 Å². The summed E-state index contributed by atoms with van der Waals surface area (Å²) in [4.78, 5) is 26.6. The molecule has 0 aliphatic carbocycles. The second kappa shape index (κ2) is 14.6. The summed E-state index contributed by atoms with van der Waals surface area (Å²) < 4.78 is 0. The lowest BCUT2D eigenvalue weighted by Gasteiger charge is -2.34. The molecule has 2 amide bonds. The zero-order valence-corrected chi connectivity index (χ0v) is 16.3. The van der Waals surface area contributed by atoms with Gasteiger partial charge in [-0.3, -0.25) is 9.59 Å². The van der Waals surface area contributed by atoms with Crippen molar-refractivity contribution >= 4 is 25.3 Å². The Labute approximate surface area is 154 Å². The molecule has 0 aromatic rings. The molecule has 1 rings (SSSR count). The number of hydrogen-bond donors (Lipinski definition) is 2. The third kappa shape index (κ3) is 8.92. The molecule has 24 heavy (non-hydrogen) atoms. The number of piperidine rings is 1. The van der Waals surface area contributed by atoms with Crippen molar-refractivity contribution < 1.29 is 9.59 Å². The number of rotatable bonds is 11. The zero-order chi connectivity index (χ0) is 16.9. The molecular formula is C18H37N3O2S. The molecule has 1 unspecified atom stereocenters. The molecule has 0 radical (unpaired) electrons. The lowest BCUT2D eigenvalue weighted by molar-refractivity contribution is -0.142. The van der Waals surface area contributed by atoms with Crippen molar-refractivity contribution in [2.45, 2.75) is 83.6 Å². The van der Waals surface area contributed by atoms with Crippen LogP contribution < -0.4 is 11.1 Å². The van der Waals surface area contributed by atoms with Crippen LogP contribution in [0.4, 0.5) is 0 Å². The first-order chi connectivity index (χ1) is 11.2. The highest BCUT2D eigenvalue weighted by molar-refractivity contribution is 7.59. The summed E-state index contributed by atoms with van der Waals surface area (Å²) in [5, 5.41) is 2.92. The number of likely N-dealkylation sites (tertiary alicyclic amines) is 1. The zero-order valence-electron chi connectivity index (χ0n) is 15.3. The van der Waals surface area contributed by atoms with E-state index in [9.17, 15) is 9.59 Å². The molecule has 142 valence electrons. The molecular weight excluding hydrogens is 322 g/mol. The minimum absolute atomic E-state index is 0. The summed E-state index contributed by atoms with van der Waals surface area (Å²) in [5.41, 5.74) is 5.45. The Bertz CT molecular complexity index is 353. The standard InChI is InChI=1S/C18H35N3O2.H2S/c1-2-3-4-5-6-7-12-17(22)21-15-9-8-11-16(21)18(23)20-14-10-13-19;/h16H,2-15,19H2,1H3,(H,20,23);1H2. The molecule has 0 bridgehead atoms. The number of amides is 2. The van der Waals surface area contributed by atoms with Gasteiger partial charge in [-0.2, -0.15) is 13.5 Å². The number of nitrogens with two attached hydrogens (primary N) is 1. The molecule has 0 spiro atoms. The van der Waals surface area contributed by atoms with Crippen molar-refractivity contribution in [2.75, 3.05) is 19.6 Å². The quantitative estimate of drug-likeness (QED) is 0.557. The van der Waals surface area contributed by atoms with Gasteiger partial charge in [-0.15, -0.1) is 0 Å². The van der Waals surface area contributed by atoms with Gasteiger partial charge in [0.05, 0.1) is 0 Å². The van der Waals surface area contributed by atoms with Crippen molar-refractivity contribution in [1.82, 2.24) is 10.2 Å². The van der Waals surface area contributed by atoms with Crippen molar-refractivity contribution in [3.63, 3.8) is 0 Å². The average molecular weight is 360 g/mol. The van der Waals surface area contributed by atoms with Gasteiger partial charge in [-0.25, -0.2) is 0 Å². The van der Waals surface area contributed by atoms with Crippen molar-refractivity contribution in [2.24, 2.45) is 5.73 Å². The molecule has 1 aliphatic rings. The van der Waals surface area contributed by atoms with E-state index in [1.54, 1.807) is 0 Å². The van der Waals surface area contributed by atoms with Crippen molar-refractivity contribution in [3.05, 3.63) is 0 Å². The van der Waals surface area contributed by atoms with E-state index in [1.165, 1.54) is 25.7 Å². The molecule has 6 heteroatoms. The Kier molecular flexibility index (Phi) is 14.1. The van der Waals surface area contributed by atoms with Crippen LogP contribution in [-0.2, 0) is 9.59 Å². The molecule has 0 aromatic heterocycles. The Balaban J connectivity index is 0.00000529. The van der Waals surface area contributed by atoms with Gasteiger partial charge in [0.1, 0.15) is 6.04 Å². The fourth-order valence-electron chi connectivity index (χ4n) is 3.13. The van der Waals surface area contributed by atoms with Gasteiger partial charge >= 0.3 is 0 Å². The number of nitrogens with zero attached hydrogens (tertiary/aromatic N) is 1. The van der Waals surface area contributed by atoms with Gasteiger partial charge < -0.3 is 16.0 Å². The van der Waals surface area contributed by atoms with Crippen LogP contribution in [0.25, 0.3) is 0 Å². The van der Waals surface area contributed by atoms with Crippen molar-refractivity contribution in [3.8, 4) is 0 Å². The van der Waals surface area contributed by atoms with Gasteiger partial charge in [0.25, 0.3) is 0 Å². The van der Waals surface area contributed by atoms with Crippen LogP contribution in [-0.4, -0.2) is 42.4 Å². The Morgan fingerprint density at radius 3 is 2.50 bits per heavy atom. The molecule has 3 N–H and O–H groups in total. The molecule has 1 saturated heterocycles. The molecule has 0 saturated carbocycles. The SMILES string of the molecule is CCCCCCCCC(=O)N1CCCCC1C(=O)NCCCN.S. The second-order valence-corrected chi connectivity index (χ2v) is 6.55. The second-order valence-electron chi connectivity index (χ2n) is 6.55. The third-order valence-corrected chi connectivity index (χ3v) is 4.55. The first kappa shape index (κ1) is 23.2. The molecule has 0 aromatic carbocycles. The summed E-state index contributed by atoms with van der Waals surface area (Å²) in [5.74, 6) is 0.147. The highest BCUT2D eigenvalue weighted by Crippen LogP contribution is 2.19. The Morgan fingerprint density at radius 2 is 1.79 bits per heavy atom. The largest absolute Gasteiger partial charge is 0.354 e. The fourth-order valence-corrected chi connectivity index (χ4v) is 3.13. The van der Waals surface area contributed by atoms with E-state index in [1.807, 2.05) is 4.90 Å². The van der Waals surface area contributed by atoms with Crippen LogP contribution in [0.5, 0.6) is 0 Å². The molecule has 1 aliphatic heterocycles. The third-order valence-electron chi connectivity index (χ3n) is 4.55. The van der Waals surface area contributed by atoms with Crippen LogP contribution in [0.2, 0.25) is 0 Å². The number of unbranched alkanes of at least 4 members (excludes halogenated alkanes) is 5. The maximum absolute atomic E-state index is 12.5. The van der Waals surface area contributed by atoms with Crippen molar-refractivity contribution in [1.29, 1.82) is 0 Å². The molecule has 1 atom stereocenters. The number of carbonyl (C=O) groups excluding carboxylic acids is 2. The fraction of sp³-hybridized carbons (Fsp3) is 0.889. The predicted molar refractivity (Wildman–Crippen MR) is 104 cm³/mol. The summed E-state index contributed by atoms with van der Waals surface area (Å²) in [6.07, 6.45) is 11.3. The van der Waals surface area contributed by atoms with E-state index >= 15 is 0 Å². The lowest BCUT2D eigenvalue weighted by Crippen LogP contribution is -2.52. The van der Waals surface area contributed by atoms with E-state index in [0.717, 1.165) is 45.1 Å². The summed E-state index contributed by atoms with van der Waals surface area (Å²) in [6.45, 7) is 4.11. The minimum atomic E-state index is -0.269. The maximum Gasteiger partial charge on any atom is 0.242 e. The number of carbonyl (C=O) groups is 2. The molecule has 1 heterocycles. The first-order valence-electron chi connectivity index (χ1n) is 9.48. The van der Waals surface area contributed by atoms with E-state index in [2.05, 4.69) is 12.2 Å². The van der Waals surface area contributed by atoms with Crippen LogP contribution in [0, 0.1) is 0 Å². The number of nitrogens with one attached hydrogen (secondary N) is 1. The van der Waals surface area contributed by atoms with Gasteiger partial charge in [0.15, 0.2) is 0 Å². The summed E-state index contributed by atoms with van der Waals surface area (Å²) in [7, 11) is 0. The van der Waals surface area contributed by atoms with E-state index in [-0.39, 0.29) is 31.4 Å². The summed E-state index contributed by atoms with van der Waals surface area (Å²) >= 11 is 0. The smallest absolute Gasteiger partial charge is 0.242 e. The highest BCUT2D eigenvalue weighted by atomic mass is 32.1. The molecule has 1 fully saturated rings. The minimum Gasteiger partial charge on any atom is -0.354 e. The Morgan fingerprint density at radius 1 is 1.08 bits per heavy atom. The first-order valence-corrected chi connectivity index (χ1v) is 9.48. The highest BCUT2D eigenvalue weighted by Gasteiger charge is 2.31. The predicted octanol–water partition coefficient (Wildman–Crippen LogP) is 2.70. The summed E-state index contributed by atoms with van der Waals surface area (Å²) in [6, 6.07) is -0.269. The normalized spacial score (nSPS) is 17.2. The Hall–Kier alpha value is -0.750. The van der Waals surface area contributed by atoms with Gasteiger partial charge in [-0.1, -0.05) is 39.0 Å². The lowest BCUT2D eigenvalue weighted by atomic mass is 10.00. The number of hydrogen-bond acceptors (Lipinski definition) is 3. The average Bonchev–Trinajstić information content (AvgIpc) is 2.58. The van der Waals surface area contributed by atoms with Crippen LogP contribution in [0.1, 0.15) is 77.6 Å². The van der Waals surface area contributed by atoms with Crippen LogP contribution in [0.15, 0.2) is 0 Å². The van der Waals surface area contributed by atoms with E-state index < -0.39 is 0 Å². The van der Waals surface area contributed by atoms with Gasteiger partial charge in [0.2, 0.25) is 11.8 Å².